The molecule has 28 heavy (non-hydrogen) atoms. The summed E-state index contributed by atoms with van der Waals surface area (Å²) in [5.41, 5.74) is 5.80. The van der Waals surface area contributed by atoms with E-state index in [1.54, 1.807) is 13.8 Å². The number of hydrogen-bond acceptors (Lipinski definition) is 7. The van der Waals surface area contributed by atoms with Crippen LogP contribution >= 0.6 is 12.6 Å². The second-order valence-corrected chi connectivity index (χ2v) is 7.65. The molecule has 4 unspecified atom stereocenters. The van der Waals surface area contributed by atoms with Gasteiger partial charge in [-0.1, -0.05) is 27.7 Å². The van der Waals surface area contributed by atoms with E-state index in [-0.39, 0.29) is 24.0 Å². The summed E-state index contributed by atoms with van der Waals surface area (Å²) in [5, 5.41) is 25.5. The molecule has 7 N–H and O–H groups in total. The number of carbonyl (C=O) groups is 4. The summed E-state index contributed by atoms with van der Waals surface area (Å²) in [6.45, 7) is 6.51. The van der Waals surface area contributed by atoms with E-state index in [1.165, 1.54) is 0 Å². The minimum atomic E-state index is -1.38. The summed E-state index contributed by atoms with van der Waals surface area (Å²) in [6.07, 6.45) is 0.288. The summed E-state index contributed by atoms with van der Waals surface area (Å²) in [6, 6.07) is -4.40. The van der Waals surface area contributed by atoms with Gasteiger partial charge in [0.1, 0.15) is 18.1 Å². The molecule has 0 aromatic rings. The number of hydrogen-bond donors (Lipinski definition) is 7. The van der Waals surface area contributed by atoms with Crippen molar-refractivity contribution in [3.63, 3.8) is 0 Å². The second kappa shape index (κ2) is 12.6. The van der Waals surface area contributed by atoms with Gasteiger partial charge in [-0.05, 0) is 18.3 Å². The molecular weight excluding hydrogens is 388 g/mol. The van der Waals surface area contributed by atoms with Crippen LogP contribution in [0.15, 0.2) is 0 Å². The van der Waals surface area contributed by atoms with Gasteiger partial charge in [0.25, 0.3) is 0 Å². The fourth-order valence-corrected chi connectivity index (χ4v) is 2.45. The topological polar surface area (TPSA) is 171 Å². The summed E-state index contributed by atoms with van der Waals surface area (Å²) in [5.74, 6) is -3.58. The number of thiol groups is 1. The van der Waals surface area contributed by atoms with Crippen molar-refractivity contribution in [1.29, 1.82) is 0 Å². The Balaban J connectivity index is 5.17. The van der Waals surface area contributed by atoms with E-state index in [1.807, 2.05) is 13.8 Å². The van der Waals surface area contributed by atoms with Crippen molar-refractivity contribution < 1.29 is 29.4 Å². The molecule has 10 nitrogen and oxygen atoms in total. The molecular formula is C17H32N4O6S. The number of carboxylic acids is 1. The van der Waals surface area contributed by atoms with E-state index < -0.39 is 54.5 Å². The van der Waals surface area contributed by atoms with Crippen molar-refractivity contribution in [2.24, 2.45) is 17.6 Å². The van der Waals surface area contributed by atoms with Crippen molar-refractivity contribution in [2.75, 3.05) is 12.4 Å². The van der Waals surface area contributed by atoms with Crippen LogP contribution < -0.4 is 21.7 Å². The van der Waals surface area contributed by atoms with Gasteiger partial charge in [0.15, 0.2) is 0 Å². The van der Waals surface area contributed by atoms with E-state index in [0.717, 1.165) is 0 Å². The maximum Gasteiger partial charge on any atom is 0.327 e. The van der Waals surface area contributed by atoms with Crippen LogP contribution in [0.5, 0.6) is 0 Å². The first-order valence-electron chi connectivity index (χ1n) is 9.05. The molecule has 162 valence electrons. The van der Waals surface area contributed by atoms with Crippen molar-refractivity contribution in [1.82, 2.24) is 16.0 Å². The summed E-state index contributed by atoms with van der Waals surface area (Å²) >= 11 is 3.84. The van der Waals surface area contributed by atoms with Crippen LogP contribution in [-0.2, 0) is 19.2 Å². The molecule has 0 aromatic carbocycles. The first-order chi connectivity index (χ1) is 12.9. The Kier molecular flexibility index (Phi) is 11.7. The highest BCUT2D eigenvalue weighted by molar-refractivity contribution is 7.80. The van der Waals surface area contributed by atoms with Gasteiger partial charge < -0.3 is 31.9 Å². The van der Waals surface area contributed by atoms with Crippen LogP contribution in [0.3, 0.4) is 0 Å². The third-order valence-electron chi connectivity index (χ3n) is 3.97. The molecule has 0 aliphatic rings. The maximum atomic E-state index is 12.6. The van der Waals surface area contributed by atoms with Gasteiger partial charge in [0.2, 0.25) is 17.7 Å². The van der Waals surface area contributed by atoms with Gasteiger partial charge in [0, 0.05) is 5.75 Å². The van der Waals surface area contributed by atoms with Crippen LogP contribution in [0.25, 0.3) is 0 Å². The van der Waals surface area contributed by atoms with Crippen LogP contribution in [0.4, 0.5) is 0 Å². The molecule has 0 aliphatic heterocycles. The van der Waals surface area contributed by atoms with Crippen LogP contribution in [-0.4, -0.2) is 70.4 Å². The summed E-state index contributed by atoms with van der Waals surface area (Å²) in [7, 11) is 0. The Bertz CT molecular complexity index is 558. The SMILES string of the molecule is CC(C)CC(NC(=O)C(N)C(C)C)C(=O)NC(CO)C(=O)NC(CS)C(=O)O. The Morgan fingerprint density at radius 3 is 1.75 bits per heavy atom. The molecule has 0 radical (unpaired) electrons. The number of nitrogens with two attached hydrogens (primary N) is 1. The zero-order chi connectivity index (χ0) is 22.0. The fraction of sp³-hybridized carbons (Fsp3) is 0.765. The predicted octanol–water partition coefficient (Wildman–Crippen LogP) is -1.52. The lowest BCUT2D eigenvalue weighted by Crippen LogP contribution is -2.58. The van der Waals surface area contributed by atoms with E-state index in [4.69, 9.17) is 10.8 Å². The van der Waals surface area contributed by atoms with Crippen molar-refractivity contribution in [3.05, 3.63) is 0 Å². The van der Waals surface area contributed by atoms with E-state index in [9.17, 15) is 24.3 Å². The third-order valence-corrected chi connectivity index (χ3v) is 4.34. The highest BCUT2D eigenvalue weighted by Gasteiger charge is 2.30. The zero-order valence-corrected chi connectivity index (χ0v) is 17.5. The number of aliphatic hydroxyl groups excluding tert-OH is 1. The Morgan fingerprint density at radius 2 is 1.36 bits per heavy atom. The Morgan fingerprint density at radius 1 is 0.893 bits per heavy atom. The first kappa shape index (κ1) is 26.1. The quantitative estimate of drug-likeness (QED) is 0.188. The number of rotatable bonds is 12. The van der Waals surface area contributed by atoms with Crippen molar-refractivity contribution in [3.8, 4) is 0 Å². The second-order valence-electron chi connectivity index (χ2n) is 7.29. The minimum Gasteiger partial charge on any atom is -0.480 e. The van der Waals surface area contributed by atoms with Crippen molar-refractivity contribution in [2.45, 2.75) is 58.3 Å². The molecule has 0 rings (SSSR count). The van der Waals surface area contributed by atoms with Gasteiger partial charge >= 0.3 is 5.97 Å². The molecule has 0 saturated heterocycles. The fourth-order valence-electron chi connectivity index (χ4n) is 2.20. The standard InChI is InChI=1S/C17H32N4O6S/c1-8(2)5-10(19-16(25)13(18)9(3)4)14(23)20-11(6-22)15(24)21-12(7-28)17(26)27/h8-13,22,28H,5-7,18H2,1-4H3,(H,19,25)(H,20,23)(H,21,24)(H,26,27). The van der Waals surface area contributed by atoms with Crippen LogP contribution in [0.1, 0.15) is 34.1 Å². The molecule has 4 atom stereocenters. The van der Waals surface area contributed by atoms with Gasteiger partial charge in [-0.25, -0.2) is 4.79 Å². The predicted molar refractivity (Wildman–Crippen MR) is 107 cm³/mol. The molecule has 0 aliphatic carbocycles. The molecule has 0 saturated carbocycles. The Hall–Kier alpha value is -1.85. The average Bonchev–Trinajstić information content (AvgIpc) is 2.61. The number of carbonyl (C=O) groups excluding carboxylic acids is 3. The lowest BCUT2D eigenvalue weighted by atomic mass is 10.0. The molecule has 0 heterocycles. The monoisotopic (exact) mass is 420 g/mol. The highest BCUT2D eigenvalue weighted by atomic mass is 32.1. The largest absolute Gasteiger partial charge is 0.480 e. The summed E-state index contributed by atoms with van der Waals surface area (Å²) < 4.78 is 0. The lowest BCUT2D eigenvalue weighted by molar-refractivity contribution is -0.142. The number of carboxylic acid groups (broad SMARTS) is 1. The molecule has 3 amide bonds. The maximum absolute atomic E-state index is 12.6. The highest BCUT2D eigenvalue weighted by Crippen LogP contribution is 2.07. The average molecular weight is 421 g/mol. The van der Waals surface area contributed by atoms with Crippen LogP contribution in [0, 0.1) is 11.8 Å². The Labute approximate surface area is 170 Å². The molecule has 11 heteroatoms. The molecule has 0 bridgehead atoms. The number of aliphatic carboxylic acids is 1. The van der Waals surface area contributed by atoms with E-state index in [2.05, 4.69) is 28.6 Å². The minimum absolute atomic E-state index is 0.0494. The summed E-state index contributed by atoms with van der Waals surface area (Å²) in [4.78, 5) is 47.9. The van der Waals surface area contributed by atoms with E-state index in [0.29, 0.717) is 0 Å². The molecule has 0 spiro atoms. The number of aliphatic hydroxyl groups is 1. The van der Waals surface area contributed by atoms with Gasteiger partial charge in [-0.3, -0.25) is 14.4 Å². The molecule has 0 fully saturated rings. The number of nitrogens with one attached hydrogen (secondary N) is 3. The van der Waals surface area contributed by atoms with Crippen LogP contribution in [0.2, 0.25) is 0 Å². The van der Waals surface area contributed by atoms with Crippen molar-refractivity contribution >= 4 is 36.3 Å². The molecule has 0 aromatic heterocycles. The zero-order valence-electron chi connectivity index (χ0n) is 16.6. The lowest BCUT2D eigenvalue weighted by Gasteiger charge is -2.25. The smallest absolute Gasteiger partial charge is 0.327 e. The van der Waals surface area contributed by atoms with Gasteiger partial charge in [0.05, 0.1) is 12.6 Å². The van der Waals surface area contributed by atoms with Gasteiger partial charge in [-0.2, -0.15) is 12.6 Å². The normalized spacial score (nSPS) is 15.5. The third kappa shape index (κ3) is 8.89. The van der Waals surface area contributed by atoms with E-state index >= 15 is 0 Å². The number of amides is 3. The first-order valence-corrected chi connectivity index (χ1v) is 9.68. The van der Waals surface area contributed by atoms with Gasteiger partial charge in [-0.15, -0.1) is 0 Å².